The third-order valence-corrected chi connectivity index (χ3v) is 29.6. The molecule has 0 aromatic heterocycles. The lowest BCUT2D eigenvalue weighted by Crippen LogP contribution is -2.69. The van der Waals surface area contributed by atoms with Crippen LogP contribution in [0.5, 0.6) is 80.5 Å². The number of piperazine rings is 2. The number of aromatic hydroxyl groups is 2. The molecule has 0 amide bonds. The molecule has 6 aromatic rings. The zero-order valence-corrected chi connectivity index (χ0v) is 79.7. The highest BCUT2D eigenvalue weighted by Crippen LogP contribution is 2.68. The molecule has 14 atom stereocenters. The van der Waals surface area contributed by atoms with Crippen LogP contribution in [-0.4, -0.2) is 219 Å². The molecule has 20 rings (SSSR count). The van der Waals surface area contributed by atoms with Gasteiger partial charge in [-0.3, -0.25) is 30.2 Å². The molecule has 0 radical (unpaired) electrons. The Morgan fingerprint density at radius 1 is 0.449 bits per heavy atom. The molecule has 4 fully saturated rings. The average Bonchev–Trinajstić information content (AvgIpc) is 0.972. The number of nitrogens with zero attached hydrogens (tertiary/aromatic N) is 6. The molecule has 34 nitrogen and oxygen atoms in total. The van der Waals surface area contributed by atoms with Crippen molar-refractivity contribution in [3.05, 3.63) is 125 Å². The van der Waals surface area contributed by atoms with Gasteiger partial charge in [-0.1, -0.05) is 41.8 Å². The van der Waals surface area contributed by atoms with Crippen LogP contribution >= 0.6 is 23.5 Å². The molecular weight excluding hydrogens is 1790 g/mol. The molecule has 4 N–H and O–H groups in total. The Morgan fingerprint density at radius 3 is 1.25 bits per heavy atom. The van der Waals surface area contributed by atoms with Gasteiger partial charge in [-0.2, -0.15) is 10.5 Å². The van der Waals surface area contributed by atoms with Crippen LogP contribution in [0.2, 0.25) is 0 Å². The summed E-state index contributed by atoms with van der Waals surface area (Å²) in [5.41, 5.74) is 4.14. The second kappa shape index (κ2) is 37.6. The van der Waals surface area contributed by atoms with E-state index in [1.54, 1.807) is 121 Å². The van der Waals surface area contributed by atoms with Crippen LogP contribution in [0.4, 0.5) is 19.2 Å². The Kier molecular flexibility index (Phi) is 28.2. The lowest BCUT2D eigenvalue weighted by atomic mass is 9.71. The van der Waals surface area contributed by atoms with Crippen LogP contribution in [0.3, 0.4) is 0 Å². The number of phenolic OH excluding ortho intramolecular Hbond substituents is 2. The highest BCUT2D eigenvalue weighted by atomic mass is 32.2. The van der Waals surface area contributed by atoms with Crippen molar-refractivity contribution in [3.63, 3.8) is 0 Å². The fourth-order valence-corrected chi connectivity index (χ4v) is 25.0. The summed E-state index contributed by atoms with van der Waals surface area (Å²) in [5, 5.41) is 52.7. The fourth-order valence-electron chi connectivity index (χ4n) is 21.6. The Hall–Kier alpha value is -11.2. The van der Waals surface area contributed by atoms with Crippen LogP contribution in [-0.2, 0) is 74.8 Å². The number of carbonyl (C=O) groups excluding carboxylic acids is 6. The Balaban J connectivity index is 0.000000228. The molecule has 2 unspecified atom stereocenters. The van der Waals surface area contributed by atoms with Gasteiger partial charge in [-0.25, -0.2) is 28.8 Å². The summed E-state index contributed by atoms with van der Waals surface area (Å²) < 4.78 is 108. The number of benzene rings is 6. The van der Waals surface area contributed by atoms with E-state index in [1.165, 1.54) is 52.0 Å². The summed E-state index contributed by atoms with van der Waals surface area (Å²) in [6.45, 7) is 28.3. The van der Waals surface area contributed by atoms with Crippen molar-refractivity contribution in [2.24, 2.45) is 0 Å². The minimum absolute atomic E-state index is 0. The third kappa shape index (κ3) is 17.3. The fraction of sp³-hybridized carbons (Fsp3) is 0.560. The Morgan fingerprint density at radius 2 is 0.831 bits per heavy atom. The van der Waals surface area contributed by atoms with Gasteiger partial charge in [-0.05, 0) is 219 Å². The molecule has 736 valence electrons. The molecule has 8 bridgehead atoms. The zero-order valence-electron chi connectivity index (χ0n) is 78.1. The summed E-state index contributed by atoms with van der Waals surface area (Å²) in [5.74, 6) is 2.38. The highest BCUT2D eigenvalue weighted by molar-refractivity contribution is 7.99. The quantitative estimate of drug-likeness (QED) is 0.0624. The molecule has 4 saturated heterocycles. The normalized spacial score (nSPS) is 25.6. The van der Waals surface area contributed by atoms with E-state index in [2.05, 4.69) is 42.4 Å². The Bertz CT molecular complexity index is 5870. The number of hydrogen-bond donors (Lipinski definition) is 4. The van der Waals surface area contributed by atoms with Crippen molar-refractivity contribution < 1.29 is 124 Å². The SMILES string of the molecule is C.C.C.C.COc1cc2c(cc1OC(=O)OC(C)(C)C)CCN[C@]21CS[C@@H]2c3c(O)c(C)c4c(c3[C@H](COC1=O)N1C2[C@H]2c3c(cc(C)c(OC)c3O)C[C@@H]([C@@H]1C#N)N2C)OCO4.COc1cc2c(cc1OC(=O)OC(C)(C)C)CCN[C@]21CS[C@@H]2c3c(OC(=O)OC(C)(C)C)c(C)c4c(c3[C@H](COC1=O)N1C2[C@H]2c3c(cc(C)c(OC)c3OC(=O)OC(C)(C)C)C[C@@H]([C@@H]1C#N)N2C)OCO4. The largest absolute Gasteiger partial charge is 0.514 e. The summed E-state index contributed by atoms with van der Waals surface area (Å²) >= 11 is 2.86. The number of fused-ring (bicyclic) bond motifs is 18. The molecule has 0 saturated carbocycles. The van der Waals surface area contributed by atoms with Gasteiger partial charge in [0.05, 0.1) is 75.2 Å². The second-order valence-electron chi connectivity index (χ2n) is 39.2. The van der Waals surface area contributed by atoms with Gasteiger partial charge >= 0.3 is 36.6 Å². The number of likely N-dealkylation sites (N-methyl/N-ethyl adjacent to an activating group) is 2. The van der Waals surface area contributed by atoms with E-state index in [0.717, 1.165) is 22.3 Å². The summed E-state index contributed by atoms with van der Waals surface area (Å²) in [6.07, 6.45) is -1.88. The summed E-state index contributed by atoms with van der Waals surface area (Å²) in [4.78, 5) is 92.5. The molecule has 14 aliphatic heterocycles. The number of aryl methyl sites for hydroxylation is 2. The molecular formula is C100H128N8O26S2. The van der Waals surface area contributed by atoms with Crippen LogP contribution in [0.1, 0.15) is 236 Å². The van der Waals surface area contributed by atoms with Crippen LogP contribution < -0.4 is 67.5 Å². The minimum atomic E-state index is -1.54. The van der Waals surface area contributed by atoms with Gasteiger partial charge in [0, 0.05) is 93.3 Å². The molecule has 2 spiro atoms. The van der Waals surface area contributed by atoms with Gasteiger partial charge in [0.2, 0.25) is 13.6 Å². The van der Waals surface area contributed by atoms with Gasteiger partial charge < -0.3 is 95.5 Å². The number of nitriles is 2. The number of methoxy groups -OCH3 is 4. The van der Waals surface area contributed by atoms with Gasteiger partial charge in [0.1, 0.15) is 59.2 Å². The summed E-state index contributed by atoms with van der Waals surface area (Å²) in [7, 11) is 9.88. The van der Waals surface area contributed by atoms with Crippen LogP contribution in [0.15, 0.2) is 36.4 Å². The lowest BCUT2D eigenvalue weighted by Gasteiger charge is -2.62. The average molecular weight is 1920 g/mol. The smallest absolute Gasteiger partial charge is 0.507 e. The minimum Gasteiger partial charge on any atom is -0.507 e. The number of esters is 2. The molecule has 0 aliphatic carbocycles. The van der Waals surface area contributed by atoms with E-state index in [-0.39, 0.29) is 120 Å². The first-order chi connectivity index (χ1) is 62.4. The van der Waals surface area contributed by atoms with Gasteiger partial charge in [0.25, 0.3) is 0 Å². The van der Waals surface area contributed by atoms with Crippen molar-refractivity contribution in [2.75, 3.05) is 93.9 Å². The van der Waals surface area contributed by atoms with Crippen molar-refractivity contribution >= 4 is 60.1 Å². The van der Waals surface area contributed by atoms with Crippen molar-refractivity contribution in [1.29, 1.82) is 10.5 Å². The van der Waals surface area contributed by atoms with E-state index in [9.17, 15) is 44.7 Å². The monoisotopic (exact) mass is 1920 g/mol. The van der Waals surface area contributed by atoms with Gasteiger partial charge in [0.15, 0.2) is 80.1 Å². The van der Waals surface area contributed by atoms with Crippen molar-refractivity contribution in [2.45, 2.75) is 271 Å². The van der Waals surface area contributed by atoms with E-state index in [0.29, 0.717) is 140 Å². The maximum atomic E-state index is 15.3. The van der Waals surface area contributed by atoms with Crippen LogP contribution in [0.25, 0.3) is 0 Å². The first-order valence-electron chi connectivity index (χ1n) is 44.1. The molecule has 136 heavy (non-hydrogen) atoms. The zero-order chi connectivity index (χ0) is 94.7. The third-order valence-electron chi connectivity index (χ3n) is 26.7. The first kappa shape index (κ1) is 102. The lowest BCUT2D eigenvalue weighted by molar-refractivity contribution is -0.158. The predicted molar refractivity (Wildman–Crippen MR) is 504 cm³/mol. The maximum Gasteiger partial charge on any atom is 0.514 e. The predicted octanol–water partition coefficient (Wildman–Crippen LogP) is 16.5. The highest BCUT2D eigenvalue weighted by Gasteiger charge is 2.65. The topological polar surface area (TPSA) is 394 Å². The van der Waals surface area contributed by atoms with Crippen molar-refractivity contribution in [1.82, 2.24) is 30.2 Å². The number of hydrogen-bond acceptors (Lipinski definition) is 36. The standard InChI is InChI=1S/C53H64N4O15S.C43H48N4O11S.4CH4/c1-25-17-28-18-30-31(21-54)57-32-22-64-46(58)53(29-20-33(62-13)34(19-27(29)15-16-55-53)67-47(59)70-50(3,4)5)23-73-45(37-36(32)43-42(65-24-66-43)26(2)41(37)68-48(60)71-51(6,7)8)39(57)38(56(30)12)35(28)44(40(25)63-14)69-49(61)72-52(9,10)11;1-19-11-22-12-24-25(15-44)47-26-16-54-40(50)43(23-14-27(52-7)28(13-21(23)9-10-45-43)57-41(51)58-42(3,4)5)17-59-39(31-30(26)38-37(55-18-56-38)20(2)34(31)48)33(47)32(46(24)6)29(22)35(49)36(19)53-8;;;;/h17,19-20,30-32,38-39,45,55H,15-16,18,22-24H2,1-14H3;11,13-14,24-26,32-33,39,45,48-49H,9-10,12,16-18H2,1-8H3;4*1H4/t30-,31-,32-,38+,39?,45+,53+;24-,25-,26-,32+,33?,39+,43+;;;;/m00..../s1. The second-order valence-corrected chi connectivity index (χ2v) is 41.5. The van der Waals surface area contributed by atoms with Gasteiger partial charge in [-0.15, -0.1) is 23.5 Å². The number of thioether (sulfide) groups is 2. The maximum absolute atomic E-state index is 15.3. The Labute approximate surface area is 803 Å². The van der Waals surface area contributed by atoms with E-state index < -0.39 is 135 Å². The number of rotatable bonds is 8. The van der Waals surface area contributed by atoms with E-state index in [1.807, 2.05) is 40.1 Å². The molecule has 14 heterocycles. The molecule has 36 heteroatoms. The van der Waals surface area contributed by atoms with E-state index in [4.69, 9.17) is 85.3 Å². The van der Waals surface area contributed by atoms with Crippen LogP contribution in [0, 0.1) is 50.4 Å². The number of nitrogens with one attached hydrogen (secondary N) is 2. The molecule has 6 aromatic carbocycles. The number of ether oxygens (including phenoxy) is 18. The molecule has 14 aliphatic rings. The number of phenols is 2. The van der Waals surface area contributed by atoms with E-state index >= 15 is 4.79 Å². The van der Waals surface area contributed by atoms with Crippen molar-refractivity contribution in [3.8, 4) is 92.6 Å². The number of carbonyl (C=O) groups is 6. The first-order valence-corrected chi connectivity index (χ1v) is 46.1. The summed E-state index contributed by atoms with van der Waals surface area (Å²) in [6, 6.07) is 9.84.